The number of ketones is 1. The second kappa shape index (κ2) is 42.7. The van der Waals surface area contributed by atoms with Crippen LogP contribution in [0, 0.1) is 17.8 Å². The molecule has 1 aromatic carbocycles. The Hall–Kier alpha value is -11.6. The molecule has 2 aliphatic heterocycles. The quantitative estimate of drug-likeness (QED) is 0.0110. The van der Waals surface area contributed by atoms with Crippen LogP contribution < -0.4 is 86.8 Å². The lowest BCUT2D eigenvalue weighted by Gasteiger charge is -2.27. The highest BCUT2D eigenvalue weighted by Gasteiger charge is 2.37. The minimum Gasteiger partial charge on any atom is -0.481 e. The predicted octanol–water partition coefficient (Wildman–Crippen LogP) is -5.47. The summed E-state index contributed by atoms with van der Waals surface area (Å²) in [5, 5.41) is 50.3. The number of nitrogens with two attached hydrogens (primary N) is 4. The van der Waals surface area contributed by atoms with Crippen molar-refractivity contribution in [3.05, 3.63) is 53.7 Å². The molecule has 2 aromatic rings. The molecule has 8 atom stereocenters. The SMILES string of the molecule is CC(C)[C@@H]1NC(=O)[C@@H](CCCN=C(N)N)NC(=O)CNC(=O)[C@@H](CC(=O)O)NC(=O)C(CCNC(=O)C(CCC(=O)NCCCC[C@H]2NC(=O)[C@H](C(C)C)NC(=O)[C@@H](CCCN=C(N)N)NC(=O)CNC(=O)[C@@H](CC(=O)O)NC2=O)=NC(=O)c2ccc(NN=Cc3ccccc3S(=O)(=O)O)nc2)CC1=O. The Balaban J connectivity index is 1.61. The second-order valence-corrected chi connectivity index (χ2v) is 26.2. The van der Waals surface area contributed by atoms with Gasteiger partial charge in [-0.2, -0.15) is 13.5 Å². The number of rotatable bonds is 31. The number of carbonyl (C=O) groups is 15. The summed E-state index contributed by atoms with van der Waals surface area (Å²) < 4.78 is 33.4. The Morgan fingerprint density at radius 1 is 0.590 bits per heavy atom. The smallest absolute Gasteiger partial charge is 0.305 e. The summed E-state index contributed by atoms with van der Waals surface area (Å²) >= 11 is 0. The van der Waals surface area contributed by atoms with Crippen molar-refractivity contribution in [1.82, 2.24) is 63.5 Å². The number of aliphatic carboxylic acids is 2. The van der Waals surface area contributed by atoms with Crippen LogP contribution in [0.5, 0.6) is 0 Å². The average molecular weight is 1490 g/mol. The van der Waals surface area contributed by atoms with Crippen LogP contribution in [-0.2, 0) is 77.2 Å². The van der Waals surface area contributed by atoms with E-state index >= 15 is 0 Å². The number of hydrogen-bond acceptors (Lipinski definition) is 22. The number of unbranched alkanes of at least 4 members (excludes halogenated alkanes) is 1. The first-order chi connectivity index (χ1) is 49.5. The van der Waals surface area contributed by atoms with Crippen molar-refractivity contribution in [1.29, 1.82) is 0 Å². The number of carbonyl (C=O) groups excluding carboxylic acids is 13. The summed E-state index contributed by atoms with van der Waals surface area (Å²) in [6.45, 7) is 4.25. The van der Waals surface area contributed by atoms with Crippen LogP contribution in [0.15, 0.2) is 67.6 Å². The molecule has 23 N–H and O–H groups in total. The molecule has 1 unspecified atom stereocenters. The van der Waals surface area contributed by atoms with E-state index in [1.165, 1.54) is 30.3 Å². The highest BCUT2D eigenvalue weighted by atomic mass is 32.2. The predicted molar refractivity (Wildman–Crippen MR) is 374 cm³/mol. The highest BCUT2D eigenvalue weighted by Crippen LogP contribution is 2.19. The van der Waals surface area contributed by atoms with E-state index in [0.29, 0.717) is 0 Å². The van der Waals surface area contributed by atoms with Crippen LogP contribution in [0.1, 0.15) is 127 Å². The third kappa shape index (κ3) is 30.9. The molecule has 105 heavy (non-hydrogen) atoms. The molecule has 0 aliphatic carbocycles. The van der Waals surface area contributed by atoms with Crippen molar-refractivity contribution in [3.8, 4) is 0 Å². The fraction of sp³-hybridized carbons (Fsp3) is 0.524. The van der Waals surface area contributed by atoms with Gasteiger partial charge in [-0.05, 0) is 81.4 Å². The van der Waals surface area contributed by atoms with E-state index in [1.807, 2.05) is 0 Å². The number of aliphatic imine (C=N–C) groups is 3. The number of nitrogens with zero attached hydrogens (tertiary/aromatic N) is 5. The molecule has 2 fully saturated rings. The average Bonchev–Trinajstić information content (AvgIpc) is 1.54. The zero-order valence-electron chi connectivity index (χ0n) is 58.1. The van der Waals surface area contributed by atoms with Crippen LogP contribution in [0.25, 0.3) is 0 Å². The maximum absolute atomic E-state index is 14.2. The molecule has 574 valence electrons. The van der Waals surface area contributed by atoms with Crippen molar-refractivity contribution < 1.29 is 95.1 Å². The lowest BCUT2D eigenvalue weighted by molar-refractivity contribution is -0.141. The summed E-state index contributed by atoms with van der Waals surface area (Å²) in [6.07, 6.45) is -1.97. The van der Waals surface area contributed by atoms with Gasteiger partial charge in [0.15, 0.2) is 17.7 Å². The van der Waals surface area contributed by atoms with Gasteiger partial charge in [-0.15, -0.1) is 0 Å². The first-order valence-corrected chi connectivity index (χ1v) is 34.7. The van der Waals surface area contributed by atoms with Gasteiger partial charge < -0.3 is 91.6 Å². The van der Waals surface area contributed by atoms with Crippen LogP contribution in [0.4, 0.5) is 5.82 Å². The Kier molecular flexibility index (Phi) is 34.9. The van der Waals surface area contributed by atoms with E-state index < -0.39 is 228 Å². The van der Waals surface area contributed by atoms with E-state index in [9.17, 15) is 95.1 Å². The van der Waals surface area contributed by atoms with Crippen LogP contribution in [0.2, 0.25) is 0 Å². The van der Waals surface area contributed by atoms with E-state index in [2.05, 4.69) is 89.0 Å². The Labute approximate surface area is 602 Å². The molecule has 2 aliphatic rings. The minimum atomic E-state index is -4.63. The van der Waals surface area contributed by atoms with Gasteiger partial charge in [-0.25, -0.2) is 9.98 Å². The second-order valence-electron chi connectivity index (χ2n) is 24.8. The van der Waals surface area contributed by atoms with Gasteiger partial charge in [-0.3, -0.25) is 91.9 Å². The first kappa shape index (κ1) is 85.8. The van der Waals surface area contributed by atoms with Crippen molar-refractivity contribution in [2.24, 2.45) is 60.8 Å². The molecule has 0 saturated carbocycles. The van der Waals surface area contributed by atoms with Gasteiger partial charge in [0.05, 0.1) is 43.8 Å². The highest BCUT2D eigenvalue weighted by molar-refractivity contribution is 7.86. The monoisotopic (exact) mass is 1490 g/mol. The van der Waals surface area contributed by atoms with Gasteiger partial charge in [0, 0.05) is 63.1 Å². The molecule has 42 heteroatoms. The number of amides is 12. The fourth-order valence-electron chi connectivity index (χ4n) is 10.3. The third-order valence-electron chi connectivity index (χ3n) is 15.8. The Morgan fingerprint density at radius 3 is 1.63 bits per heavy atom. The molecule has 0 bridgehead atoms. The number of Topliss-reactive ketones (excluding diaryl/α,β-unsaturated/α-hetero) is 1. The number of hydrazone groups is 1. The number of pyridine rings is 1. The van der Waals surface area contributed by atoms with Gasteiger partial charge in [0.2, 0.25) is 59.1 Å². The van der Waals surface area contributed by atoms with E-state index in [4.69, 9.17) is 22.9 Å². The Morgan fingerprint density at radius 2 is 1.10 bits per heavy atom. The number of aromatic nitrogens is 1. The standard InChI is InChI=1S/C63H91N21O20S/c1-32(2)51-43(85)25-34(53(93)80-41(26-49(89)90)56(96)73-30-47(87)76-37(59(99)82-51)13-9-22-70-62(64)65)20-24-69-55(95)40(78-54(94)36-16-18-45(72-28-36)84-75-29-35-11-5-6-15-44(35)105(102,103)104)17-19-46(86)68-21-8-7-12-39-58(98)81-42(27-50(91)92)57(97)74-31-48(88)77-38(14-10-23-71-63(66)67)60(100)83-52(33(3)4)61(101)79-39/h5-6,11,15-16,18,28-29,32-34,37-39,41-42,51-52H,7-10,12-14,17,19-27,30-31H2,1-4H3,(H,68,86)(H,69,95)(H,72,84)(H,73,96)(H,74,97)(H,76,87)(H,77,88)(H,79,101)(H,80,93)(H,81,98)(H,82,99)(H,83,100)(H,89,90)(H,91,92)(H4,64,65,70)(H4,66,67,71)(H,102,103,104)/t34?,37-,38-,39-,41-,42-,51+,52+/m1/s1. The molecule has 0 spiro atoms. The number of nitrogens with one attached hydrogen (secondary N) is 12. The molecule has 2 saturated heterocycles. The van der Waals surface area contributed by atoms with Crippen molar-refractivity contribution in [2.45, 2.75) is 158 Å². The number of carboxylic acid groups (broad SMARTS) is 2. The molecule has 1 aromatic heterocycles. The van der Waals surface area contributed by atoms with Gasteiger partial charge >= 0.3 is 11.9 Å². The lowest BCUT2D eigenvalue weighted by Crippen LogP contribution is -2.59. The molecular formula is C63H91N21O20S. The number of anilines is 1. The first-order valence-electron chi connectivity index (χ1n) is 33.2. The number of guanidine groups is 2. The van der Waals surface area contributed by atoms with E-state index in [0.717, 1.165) is 18.5 Å². The molecular weight excluding hydrogens is 1400 g/mol. The number of benzene rings is 1. The number of carboxylic acids is 2. The van der Waals surface area contributed by atoms with Gasteiger partial charge in [0.1, 0.15) is 52.7 Å². The largest absolute Gasteiger partial charge is 0.481 e. The third-order valence-corrected chi connectivity index (χ3v) is 16.7. The van der Waals surface area contributed by atoms with Gasteiger partial charge in [-0.1, -0.05) is 45.9 Å². The summed E-state index contributed by atoms with van der Waals surface area (Å²) in [7, 11) is -4.63. The van der Waals surface area contributed by atoms with Gasteiger partial charge in [0.25, 0.3) is 21.9 Å². The molecule has 0 radical (unpaired) electrons. The maximum Gasteiger partial charge on any atom is 0.305 e. The zero-order chi connectivity index (χ0) is 78.1. The summed E-state index contributed by atoms with van der Waals surface area (Å²) in [6, 6.07) is -2.49. The maximum atomic E-state index is 14.2. The molecule has 12 amide bonds. The van der Waals surface area contributed by atoms with Crippen molar-refractivity contribution >= 4 is 128 Å². The minimum absolute atomic E-state index is 0.00299. The summed E-state index contributed by atoms with van der Waals surface area (Å²) in [5.41, 5.74) is 23.4. The topological polar surface area (TPSA) is 662 Å². The molecule has 41 nitrogen and oxygen atoms in total. The van der Waals surface area contributed by atoms with Crippen molar-refractivity contribution in [2.75, 3.05) is 44.7 Å². The van der Waals surface area contributed by atoms with Crippen molar-refractivity contribution in [3.63, 3.8) is 0 Å². The summed E-state index contributed by atoms with van der Waals surface area (Å²) in [5.74, 6) is -18.5. The van der Waals surface area contributed by atoms with Crippen LogP contribution >= 0.6 is 0 Å². The normalized spacial score (nSPS) is 20.8. The Bertz CT molecular complexity index is 3750. The fourth-order valence-corrected chi connectivity index (χ4v) is 11.0. The van der Waals surface area contributed by atoms with Crippen LogP contribution in [-0.4, -0.2) is 222 Å². The van der Waals surface area contributed by atoms with Crippen LogP contribution in [0.3, 0.4) is 0 Å². The zero-order valence-corrected chi connectivity index (χ0v) is 58.9. The lowest BCUT2D eigenvalue weighted by atomic mass is 9.89. The van der Waals surface area contributed by atoms with E-state index in [1.54, 1.807) is 27.7 Å². The summed E-state index contributed by atoms with van der Waals surface area (Å²) in [4.78, 5) is 218. The molecule has 4 rings (SSSR count). The molecule has 3 heterocycles. The van der Waals surface area contributed by atoms with E-state index in [-0.39, 0.29) is 93.4 Å². The number of hydrogen-bond donors (Lipinski definition) is 19.